The molecule has 1 N–H and O–H groups in total. The third-order valence-electron chi connectivity index (χ3n) is 14.5. The average Bonchev–Trinajstić information content (AvgIpc) is 3.36. The quantitative estimate of drug-likeness (QED) is 0.0211. The standard InChI is InChI=1S/C64H124NO8P/c1-6-8-10-12-14-16-18-20-22-24-26-27-28-29-30-31-32-33-34-35-36-37-38-39-41-42-44-46-48-50-52-54-56-63(66)70-60-62(61-72-74(68,69)71-59-58-65(3,4)5)73-64(67)57-55-53-51-49-47-45-43-40-25-23-21-19-17-15-13-11-9-7-2/h17,19,23,25,62H,6-16,18,20-22,24,26-61H2,1-5H3/p+1/b19-17-,25-23-. The molecule has 0 aromatic rings. The minimum absolute atomic E-state index is 0.0324. The van der Waals surface area contributed by atoms with Gasteiger partial charge in [0.25, 0.3) is 0 Å². The van der Waals surface area contributed by atoms with Crippen molar-refractivity contribution in [3.8, 4) is 0 Å². The molecule has 0 rings (SSSR count). The second kappa shape index (κ2) is 56.2. The Morgan fingerprint density at radius 3 is 1.08 bits per heavy atom. The van der Waals surface area contributed by atoms with Gasteiger partial charge in [-0.3, -0.25) is 18.6 Å². The topological polar surface area (TPSA) is 108 Å². The fourth-order valence-corrected chi connectivity index (χ4v) is 10.3. The Morgan fingerprint density at radius 2 is 0.730 bits per heavy atom. The van der Waals surface area contributed by atoms with Gasteiger partial charge >= 0.3 is 19.8 Å². The van der Waals surface area contributed by atoms with Gasteiger partial charge in [-0.05, 0) is 44.9 Å². The first-order valence-corrected chi connectivity index (χ1v) is 33.6. The van der Waals surface area contributed by atoms with E-state index in [4.69, 9.17) is 18.5 Å². The Morgan fingerprint density at radius 1 is 0.419 bits per heavy atom. The van der Waals surface area contributed by atoms with Crippen molar-refractivity contribution in [1.82, 2.24) is 0 Å². The summed E-state index contributed by atoms with van der Waals surface area (Å²) in [4.78, 5) is 35.7. The van der Waals surface area contributed by atoms with E-state index in [0.717, 1.165) is 51.4 Å². The number of hydrogen-bond acceptors (Lipinski definition) is 7. The highest BCUT2D eigenvalue weighted by molar-refractivity contribution is 7.47. The van der Waals surface area contributed by atoms with Crippen LogP contribution in [0.25, 0.3) is 0 Å². The predicted octanol–water partition coefficient (Wildman–Crippen LogP) is 20.2. The molecule has 74 heavy (non-hydrogen) atoms. The van der Waals surface area contributed by atoms with Gasteiger partial charge in [-0.2, -0.15) is 0 Å². The summed E-state index contributed by atoms with van der Waals surface area (Å²) in [6, 6.07) is 0. The molecule has 0 aromatic carbocycles. The molecule has 0 saturated carbocycles. The van der Waals surface area contributed by atoms with Crippen LogP contribution in [0, 0.1) is 0 Å². The number of unbranched alkanes of at least 4 members (excludes halogenated alkanes) is 42. The van der Waals surface area contributed by atoms with E-state index in [1.54, 1.807) is 0 Å². The van der Waals surface area contributed by atoms with E-state index in [1.807, 2.05) is 21.1 Å². The number of quaternary nitrogens is 1. The van der Waals surface area contributed by atoms with E-state index >= 15 is 0 Å². The second-order valence-electron chi connectivity index (χ2n) is 23.2. The van der Waals surface area contributed by atoms with Crippen LogP contribution >= 0.6 is 7.82 Å². The third-order valence-corrected chi connectivity index (χ3v) is 15.5. The summed E-state index contributed by atoms with van der Waals surface area (Å²) < 4.78 is 34.6. The molecular weight excluding hydrogens is 942 g/mol. The van der Waals surface area contributed by atoms with Crippen LogP contribution in [0.5, 0.6) is 0 Å². The molecule has 0 heterocycles. The Kier molecular flexibility index (Phi) is 55.1. The number of nitrogens with zero attached hydrogens (tertiary/aromatic N) is 1. The van der Waals surface area contributed by atoms with E-state index in [9.17, 15) is 19.0 Å². The maximum Gasteiger partial charge on any atom is 0.472 e. The summed E-state index contributed by atoms with van der Waals surface area (Å²) in [6.07, 6.45) is 68.5. The Hall–Kier alpha value is -1.51. The van der Waals surface area contributed by atoms with E-state index in [0.29, 0.717) is 23.9 Å². The minimum atomic E-state index is -4.39. The molecule has 0 radical (unpaired) electrons. The summed E-state index contributed by atoms with van der Waals surface area (Å²) in [5.74, 6) is -0.789. The van der Waals surface area contributed by atoms with Crippen LogP contribution in [-0.2, 0) is 32.7 Å². The zero-order valence-corrected chi connectivity index (χ0v) is 50.8. The lowest BCUT2D eigenvalue weighted by Gasteiger charge is -2.24. The summed E-state index contributed by atoms with van der Waals surface area (Å²) in [5.41, 5.74) is 0. The fraction of sp³-hybridized carbons (Fsp3) is 0.906. The molecular formula is C64H125NO8P+. The van der Waals surface area contributed by atoms with Gasteiger partial charge in [-0.15, -0.1) is 0 Å². The zero-order chi connectivity index (χ0) is 54.2. The first kappa shape index (κ1) is 72.5. The van der Waals surface area contributed by atoms with Crippen molar-refractivity contribution in [2.75, 3.05) is 47.5 Å². The molecule has 0 aromatic heterocycles. The molecule has 0 amide bonds. The molecule has 9 nitrogen and oxygen atoms in total. The summed E-state index contributed by atoms with van der Waals surface area (Å²) in [6.45, 7) is 4.46. The van der Waals surface area contributed by atoms with Gasteiger partial charge in [0.15, 0.2) is 6.10 Å². The number of ether oxygens (including phenoxy) is 2. The SMILES string of the molecule is CCCCCC/C=C\C/C=C\CCCCCCCCCC(=O)OC(COC(=O)CCCCCCCCCCCCCCCCCCCCCCCCCCCCCCCCCC)COP(=O)(O)OCC[N+](C)(C)C. The van der Waals surface area contributed by atoms with Crippen molar-refractivity contribution in [3.05, 3.63) is 24.3 Å². The van der Waals surface area contributed by atoms with Gasteiger partial charge in [0.1, 0.15) is 19.8 Å². The van der Waals surface area contributed by atoms with Crippen LogP contribution in [0.15, 0.2) is 24.3 Å². The third kappa shape index (κ3) is 59.7. The minimum Gasteiger partial charge on any atom is -0.462 e. The fourth-order valence-electron chi connectivity index (χ4n) is 9.52. The first-order valence-electron chi connectivity index (χ1n) is 32.1. The van der Waals surface area contributed by atoms with Gasteiger partial charge < -0.3 is 18.9 Å². The lowest BCUT2D eigenvalue weighted by Crippen LogP contribution is -2.37. The number of allylic oxidation sites excluding steroid dienone is 4. The number of carbonyl (C=O) groups excluding carboxylic acids is 2. The molecule has 0 aliphatic rings. The Balaban J connectivity index is 3.98. The average molecular weight is 1070 g/mol. The number of phosphoric ester groups is 1. The zero-order valence-electron chi connectivity index (χ0n) is 49.9. The molecule has 0 bridgehead atoms. The van der Waals surface area contributed by atoms with Gasteiger partial charge in [-0.1, -0.05) is 289 Å². The normalized spacial score (nSPS) is 13.3. The largest absolute Gasteiger partial charge is 0.472 e. The van der Waals surface area contributed by atoms with Crippen molar-refractivity contribution in [2.45, 2.75) is 328 Å². The highest BCUT2D eigenvalue weighted by atomic mass is 31.2. The molecule has 0 fully saturated rings. The van der Waals surface area contributed by atoms with E-state index in [-0.39, 0.29) is 25.6 Å². The highest BCUT2D eigenvalue weighted by Gasteiger charge is 2.27. The van der Waals surface area contributed by atoms with Crippen LogP contribution in [0.2, 0.25) is 0 Å². The van der Waals surface area contributed by atoms with Crippen LogP contribution in [0.3, 0.4) is 0 Å². The van der Waals surface area contributed by atoms with E-state index in [1.165, 1.54) is 238 Å². The number of carbonyl (C=O) groups is 2. The number of hydrogen-bond donors (Lipinski definition) is 1. The molecule has 10 heteroatoms. The number of phosphoric acid groups is 1. The second-order valence-corrected chi connectivity index (χ2v) is 24.6. The number of likely N-dealkylation sites (N-methyl/N-ethyl adjacent to an activating group) is 1. The lowest BCUT2D eigenvalue weighted by atomic mass is 10.0. The molecule has 0 saturated heterocycles. The van der Waals surface area contributed by atoms with Crippen molar-refractivity contribution in [3.63, 3.8) is 0 Å². The smallest absolute Gasteiger partial charge is 0.462 e. The summed E-state index contributed by atoms with van der Waals surface area (Å²) >= 11 is 0. The summed E-state index contributed by atoms with van der Waals surface area (Å²) in [7, 11) is 1.49. The number of rotatable bonds is 60. The van der Waals surface area contributed by atoms with Gasteiger partial charge in [0.05, 0.1) is 27.7 Å². The number of esters is 2. The maximum absolute atomic E-state index is 12.8. The monoisotopic (exact) mass is 1070 g/mol. The predicted molar refractivity (Wildman–Crippen MR) is 317 cm³/mol. The van der Waals surface area contributed by atoms with Crippen molar-refractivity contribution in [1.29, 1.82) is 0 Å². The van der Waals surface area contributed by atoms with E-state index in [2.05, 4.69) is 38.2 Å². The van der Waals surface area contributed by atoms with Gasteiger partial charge in [0, 0.05) is 12.8 Å². The van der Waals surface area contributed by atoms with Crippen LogP contribution in [0.4, 0.5) is 0 Å². The Labute approximate surface area is 459 Å². The molecule has 2 unspecified atom stereocenters. The van der Waals surface area contributed by atoms with E-state index < -0.39 is 26.5 Å². The molecule has 0 aliphatic heterocycles. The molecule has 0 spiro atoms. The molecule has 0 aliphatic carbocycles. The van der Waals surface area contributed by atoms with Gasteiger partial charge in [-0.25, -0.2) is 4.57 Å². The molecule has 2 atom stereocenters. The van der Waals surface area contributed by atoms with Crippen molar-refractivity contribution >= 4 is 19.8 Å². The maximum atomic E-state index is 12.8. The lowest BCUT2D eigenvalue weighted by molar-refractivity contribution is -0.870. The van der Waals surface area contributed by atoms with Crippen LogP contribution < -0.4 is 0 Å². The van der Waals surface area contributed by atoms with Crippen LogP contribution in [0.1, 0.15) is 322 Å². The van der Waals surface area contributed by atoms with Gasteiger partial charge in [0.2, 0.25) is 0 Å². The molecule has 438 valence electrons. The van der Waals surface area contributed by atoms with Crippen molar-refractivity contribution < 1.29 is 42.1 Å². The van der Waals surface area contributed by atoms with Crippen LogP contribution in [-0.4, -0.2) is 74.9 Å². The summed E-state index contributed by atoms with van der Waals surface area (Å²) in [5, 5.41) is 0. The van der Waals surface area contributed by atoms with Crippen molar-refractivity contribution in [2.24, 2.45) is 0 Å². The Bertz CT molecular complexity index is 1300. The highest BCUT2D eigenvalue weighted by Crippen LogP contribution is 2.43. The first-order chi connectivity index (χ1) is 36.0.